The molecule has 7 heteroatoms. The first-order valence-corrected chi connectivity index (χ1v) is 11.2. The largest absolute Gasteiger partial charge is 0.395 e. The van der Waals surface area contributed by atoms with Crippen molar-refractivity contribution in [2.45, 2.75) is 31.2 Å². The molecule has 0 aromatic heterocycles. The Bertz CT molecular complexity index is 896. The molecule has 152 valence electrons. The van der Waals surface area contributed by atoms with Crippen LogP contribution in [-0.4, -0.2) is 37.0 Å². The fraction of sp³-hybridized carbons (Fsp3) is 0.333. The van der Waals surface area contributed by atoms with Crippen molar-refractivity contribution in [2.24, 2.45) is 5.92 Å². The van der Waals surface area contributed by atoms with Gasteiger partial charge in [0.05, 0.1) is 11.5 Å². The van der Waals surface area contributed by atoms with Gasteiger partial charge in [-0.05, 0) is 54.3 Å². The predicted molar refractivity (Wildman–Crippen MR) is 116 cm³/mol. The smallest absolute Gasteiger partial charge is 0.243 e. The summed E-state index contributed by atoms with van der Waals surface area (Å²) in [6.07, 6.45) is 4.14. The van der Waals surface area contributed by atoms with Crippen molar-refractivity contribution in [1.82, 2.24) is 4.31 Å². The Kier molecular flexibility index (Phi) is 8.53. The van der Waals surface area contributed by atoms with Gasteiger partial charge in [0.2, 0.25) is 10.0 Å². The molecule has 2 aromatic carbocycles. The van der Waals surface area contributed by atoms with Crippen molar-refractivity contribution in [3.8, 4) is 0 Å². The number of halogens is 2. The van der Waals surface area contributed by atoms with Gasteiger partial charge in [0.1, 0.15) is 0 Å². The van der Waals surface area contributed by atoms with Gasteiger partial charge in [0.15, 0.2) is 0 Å². The quantitative estimate of drug-likeness (QED) is 0.588. The highest BCUT2D eigenvalue weighted by Gasteiger charge is 2.30. The number of benzene rings is 2. The molecule has 0 amide bonds. The molecule has 2 rings (SSSR count). The number of hydrogen-bond donors (Lipinski definition) is 1. The van der Waals surface area contributed by atoms with Crippen LogP contribution < -0.4 is 0 Å². The second-order valence-corrected chi connectivity index (χ2v) is 9.72. The SMILES string of the molecule is CC(C)C[C@H](CO)N(CC=Cc1cccc(Cl)c1)S(=O)(=O)c1ccc(Cl)cc1. The Labute approximate surface area is 177 Å². The molecule has 1 N–H and O–H groups in total. The Hall–Kier alpha value is -1.37. The van der Waals surface area contributed by atoms with E-state index in [0.717, 1.165) is 5.56 Å². The number of aliphatic hydroxyl groups excluding tert-OH is 1. The molecule has 0 aliphatic rings. The van der Waals surface area contributed by atoms with E-state index in [1.54, 1.807) is 30.3 Å². The first-order chi connectivity index (χ1) is 13.2. The molecule has 0 aliphatic carbocycles. The summed E-state index contributed by atoms with van der Waals surface area (Å²) in [5.74, 6) is 0.233. The lowest BCUT2D eigenvalue weighted by atomic mass is 10.0. The molecule has 0 saturated carbocycles. The number of nitrogens with zero attached hydrogens (tertiary/aromatic N) is 1. The average Bonchev–Trinajstić information content (AvgIpc) is 2.64. The third-order valence-electron chi connectivity index (χ3n) is 4.23. The van der Waals surface area contributed by atoms with E-state index in [-0.39, 0.29) is 24.0 Å². The summed E-state index contributed by atoms with van der Waals surface area (Å²) >= 11 is 11.9. The maximum Gasteiger partial charge on any atom is 0.243 e. The third kappa shape index (κ3) is 6.33. The summed E-state index contributed by atoms with van der Waals surface area (Å²) in [6.45, 7) is 3.88. The monoisotopic (exact) mass is 441 g/mol. The van der Waals surface area contributed by atoms with Gasteiger partial charge in [-0.3, -0.25) is 0 Å². The minimum Gasteiger partial charge on any atom is -0.395 e. The molecular formula is C21H25Cl2NO3S. The minimum absolute atomic E-state index is 0.134. The van der Waals surface area contributed by atoms with Crippen LogP contribution in [0.15, 0.2) is 59.5 Å². The predicted octanol–water partition coefficient (Wildman–Crippen LogP) is 5.10. The van der Waals surface area contributed by atoms with Crippen LogP contribution in [0.4, 0.5) is 0 Å². The lowest BCUT2D eigenvalue weighted by molar-refractivity contribution is 0.175. The fourth-order valence-electron chi connectivity index (χ4n) is 2.92. The zero-order valence-electron chi connectivity index (χ0n) is 15.9. The Balaban J connectivity index is 2.34. The molecule has 0 spiro atoms. The average molecular weight is 442 g/mol. The number of rotatable bonds is 9. The summed E-state index contributed by atoms with van der Waals surface area (Å²) in [7, 11) is -3.80. The maximum atomic E-state index is 13.2. The molecule has 4 nitrogen and oxygen atoms in total. The molecule has 0 saturated heterocycles. The molecule has 0 unspecified atom stereocenters. The summed E-state index contributed by atoms with van der Waals surface area (Å²) < 4.78 is 27.8. The van der Waals surface area contributed by atoms with Crippen LogP contribution in [0.1, 0.15) is 25.8 Å². The summed E-state index contributed by atoms with van der Waals surface area (Å²) in [5, 5.41) is 11.0. The molecule has 28 heavy (non-hydrogen) atoms. The van der Waals surface area contributed by atoms with Crippen molar-refractivity contribution >= 4 is 39.3 Å². The van der Waals surface area contributed by atoms with E-state index in [9.17, 15) is 13.5 Å². The van der Waals surface area contributed by atoms with Crippen LogP contribution in [0.5, 0.6) is 0 Å². The van der Waals surface area contributed by atoms with Crippen molar-refractivity contribution in [3.05, 3.63) is 70.2 Å². The van der Waals surface area contributed by atoms with Crippen molar-refractivity contribution in [2.75, 3.05) is 13.2 Å². The minimum atomic E-state index is -3.80. The van der Waals surface area contributed by atoms with Crippen LogP contribution in [0, 0.1) is 5.92 Å². The standard InChI is InChI=1S/C21H25Cl2NO3S/c1-16(2)13-20(15-25)24(12-4-6-17-5-3-7-19(23)14-17)28(26,27)21-10-8-18(22)9-11-21/h3-11,14,16,20,25H,12-13,15H2,1-2H3/t20-/m1/s1. The van der Waals surface area contributed by atoms with Crippen LogP contribution in [0.2, 0.25) is 10.0 Å². The molecular weight excluding hydrogens is 417 g/mol. The van der Waals surface area contributed by atoms with Crippen LogP contribution >= 0.6 is 23.2 Å². The first-order valence-electron chi connectivity index (χ1n) is 9.04. The summed E-state index contributed by atoms with van der Waals surface area (Å²) in [6, 6.07) is 12.8. The highest BCUT2D eigenvalue weighted by Crippen LogP contribution is 2.23. The molecule has 0 heterocycles. The number of aliphatic hydroxyl groups is 1. The van der Waals surface area contributed by atoms with Gasteiger partial charge in [0, 0.05) is 22.6 Å². The zero-order chi connectivity index (χ0) is 20.7. The number of hydrogen-bond acceptors (Lipinski definition) is 3. The van der Waals surface area contributed by atoms with Crippen LogP contribution in [0.25, 0.3) is 6.08 Å². The normalized spacial score (nSPS) is 13.5. The molecule has 0 fully saturated rings. The van der Waals surface area contributed by atoms with E-state index in [2.05, 4.69) is 0 Å². The zero-order valence-corrected chi connectivity index (χ0v) is 18.3. The highest BCUT2D eigenvalue weighted by molar-refractivity contribution is 7.89. The lowest BCUT2D eigenvalue weighted by Gasteiger charge is -2.30. The Morgan fingerprint density at radius 2 is 1.75 bits per heavy atom. The van der Waals surface area contributed by atoms with Crippen LogP contribution in [-0.2, 0) is 10.0 Å². The summed E-state index contributed by atoms with van der Waals surface area (Å²) in [5.41, 5.74) is 0.876. The second-order valence-electron chi connectivity index (χ2n) is 6.95. The Morgan fingerprint density at radius 3 is 2.32 bits per heavy atom. The molecule has 0 radical (unpaired) electrons. The van der Waals surface area contributed by atoms with E-state index < -0.39 is 16.1 Å². The van der Waals surface area contributed by atoms with Crippen molar-refractivity contribution in [3.63, 3.8) is 0 Å². The van der Waals surface area contributed by atoms with Gasteiger partial charge in [-0.1, -0.05) is 61.3 Å². The third-order valence-corrected chi connectivity index (χ3v) is 6.65. The van der Waals surface area contributed by atoms with Crippen molar-refractivity contribution in [1.29, 1.82) is 0 Å². The lowest BCUT2D eigenvalue weighted by Crippen LogP contribution is -2.43. The maximum absolute atomic E-state index is 13.2. The van der Waals surface area contributed by atoms with E-state index in [4.69, 9.17) is 23.2 Å². The van der Waals surface area contributed by atoms with Crippen molar-refractivity contribution < 1.29 is 13.5 Å². The van der Waals surface area contributed by atoms with E-state index >= 15 is 0 Å². The van der Waals surface area contributed by atoms with Crippen LogP contribution in [0.3, 0.4) is 0 Å². The highest BCUT2D eigenvalue weighted by atomic mass is 35.5. The van der Waals surface area contributed by atoms with Gasteiger partial charge in [-0.15, -0.1) is 0 Å². The van der Waals surface area contributed by atoms with Gasteiger partial charge in [0.25, 0.3) is 0 Å². The molecule has 2 aromatic rings. The van der Waals surface area contributed by atoms with Gasteiger partial charge >= 0.3 is 0 Å². The summed E-state index contributed by atoms with van der Waals surface area (Å²) in [4.78, 5) is 0.148. The van der Waals surface area contributed by atoms with Gasteiger partial charge < -0.3 is 5.11 Å². The fourth-order valence-corrected chi connectivity index (χ4v) is 4.82. The molecule has 1 atom stereocenters. The van der Waals surface area contributed by atoms with Gasteiger partial charge in [-0.2, -0.15) is 4.31 Å². The number of sulfonamides is 1. The van der Waals surface area contributed by atoms with E-state index in [1.807, 2.05) is 32.1 Å². The van der Waals surface area contributed by atoms with E-state index in [1.165, 1.54) is 16.4 Å². The van der Waals surface area contributed by atoms with Gasteiger partial charge in [-0.25, -0.2) is 8.42 Å². The second kappa shape index (κ2) is 10.4. The molecule has 0 bridgehead atoms. The van der Waals surface area contributed by atoms with E-state index in [0.29, 0.717) is 16.5 Å². The topological polar surface area (TPSA) is 57.6 Å². The Morgan fingerprint density at radius 1 is 1.07 bits per heavy atom. The first kappa shape index (κ1) is 22.9. The molecule has 0 aliphatic heterocycles.